The van der Waals surface area contributed by atoms with Crippen molar-refractivity contribution >= 4 is 29.1 Å². The zero-order valence-electron chi connectivity index (χ0n) is 12.7. The maximum Gasteiger partial charge on any atom is 0.241 e. The van der Waals surface area contributed by atoms with Crippen molar-refractivity contribution in [3.63, 3.8) is 0 Å². The van der Waals surface area contributed by atoms with Crippen LogP contribution in [0, 0.1) is 5.92 Å². The van der Waals surface area contributed by atoms with Gasteiger partial charge in [-0.15, -0.1) is 0 Å². The zero-order valence-corrected chi connectivity index (χ0v) is 14.3. The van der Waals surface area contributed by atoms with Gasteiger partial charge in [0.15, 0.2) is 0 Å². The van der Waals surface area contributed by atoms with E-state index >= 15 is 0 Å². The Kier molecular flexibility index (Phi) is 4.24. The van der Waals surface area contributed by atoms with E-state index in [2.05, 4.69) is 16.2 Å². The lowest BCUT2D eigenvalue weighted by Crippen LogP contribution is -2.51. The highest BCUT2D eigenvalue weighted by Gasteiger charge is 2.43. The Balaban J connectivity index is 1.52. The largest absolute Gasteiger partial charge is 0.337 e. The van der Waals surface area contributed by atoms with Crippen LogP contribution in [-0.2, 0) is 17.8 Å². The Morgan fingerprint density at radius 2 is 2.13 bits per heavy atom. The monoisotopic (exact) mass is 354 g/mol. The van der Waals surface area contributed by atoms with Crippen molar-refractivity contribution in [2.75, 3.05) is 19.6 Å². The molecule has 0 aliphatic carbocycles. The first-order valence-corrected chi connectivity index (χ1v) is 8.86. The van der Waals surface area contributed by atoms with Gasteiger partial charge in [0.25, 0.3) is 0 Å². The van der Waals surface area contributed by atoms with E-state index in [1.165, 1.54) is 0 Å². The summed E-state index contributed by atoms with van der Waals surface area (Å²) in [5.41, 5.74) is 8.68. The Bertz CT molecular complexity index is 639. The van der Waals surface area contributed by atoms with Crippen molar-refractivity contribution in [2.45, 2.75) is 31.5 Å². The summed E-state index contributed by atoms with van der Waals surface area (Å²) in [7, 11) is 0. The maximum atomic E-state index is 13.0. The minimum atomic E-state index is -0.166. The van der Waals surface area contributed by atoms with Gasteiger partial charge in [-0.25, -0.2) is 5.43 Å². The molecule has 3 atom stereocenters. The average Bonchev–Trinajstić information content (AvgIpc) is 2.98. The van der Waals surface area contributed by atoms with Crippen LogP contribution in [0.4, 0.5) is 0 Å². The first kappa shape index (κ1) is 15.7. The molecule has 1 aromatic carbocycles. The summed E-state index contributed by atoms with van der Waals surface area (Å²) in [5.74, 6) is 0.462. The molecule has 2 saturated heterocycles. The van der Waals surface area contributed by atoms with Gasteiger partial charge < -0.3 is 10.2 Å². The molecule has 3 aliphatic heterocycles. The van der Waals surface area contributed by atoms with Crippen molar-refractivity contribution in [1.82, 2.24) is 21.1 Å². The van der Waals surface area contributed by atoms with E-state index in [9.17, 15) is 4.79 Å². The molecule has 0 aromatic heterocycles. The number of nitrogens with zero attached hydrogens (tertiary/aromatic N) is 1. The molecule has 4 rings (SSSR count). The number of fused-ring (bicyclic) bond motifs is 2. The van der Waals surface area contributed by atoms with Crippen LogP contribution in [0.15, 0.2) is 12.1 Å². The predicted molar refractivity (Wildman–Crippen MR) is 90.4 cm³/mol. The van der Waals surface area contributed by atoms with Gasteiger partial charge in [-0.3, -0.25) is 10.2 Å². The van der Waals surface area contributed by atoms with E-state index in [-0.39, 0.29) is 11.9 Å². The first-order valence-electron chi connectivity index (χ1n) is 8.11. The normalized spacial score (nSPS) is 30.0. The van der Waals surface area contributed by atoms with E-state index in [0.29, 0.717) is 35.1 Å². The molecule has 2 fully saturated rings. The highest BCUT2D eigenvalue weighted by atomic mass is 35.5. The minimum Gasteiger partial charge on any atom is -0.337 e. The van der Waals surface area contributed by atoms with Gasteiger partial charge in [-0.1, -0.05) is 23.2 Å². The Hall–Kier alpha value is -0.850. The van der Waals surface area contributed by atoms with Crippen LogP contribution < -0.4 is 16.2 Å². The van der Waals surface area contributed by atoms with Gasteiger partial charge in [-0.2, -0.15) is 0 Å². The van der Waals surface area contributed by atoms with E-state index in [0.717, 1.165) is 37.1 Å². The molecule has 0 radical (unpaired) electrons. The Morgan fingerprint density at radius 3 is 3.00 bits per heavy atom. The number of halogens is 2. The second-order valence-electron chi connectivity index (χ2n) is 6.56. The summed E-state index contributed by atoms with van der Waals surface area (Å²) in [4.78, 5) is 14.9. The summed E-state index contributed by atoms with van der Waals surface area (Å²) < 4.78 is 0. The topological polar surface area (TPSA) is 56.4 Å². The third kappa shape index (κ3) is 2.85. The number of hydrazine groups is 1. The number of hydrogen-bond donors (Lipinski definition) is 3. The summed E-state index contributed by atoms with van der Waals surface area (Å²) in [5, 5.41) is 4.70. The van der Waals surface area contributed by atoms with Gasteiger partial charge in [0.2, 0.25) is 5.91 Å². The molecule has 1 aromatic rings. The van der Waals surface area contributed by atoms with Crippen molar-refractivity contribution in [3.05, 3.63) is 33.3 Å². The smallest absolute Gasteiger partial charge is 0.241 e. The second kappa shape index (κ2) is 6.22. The van der Waals surface area contributed by atoms with Gasteiger partial charge in [0, 0.05) is 41.6 Å². The SMILES string of the molecule is O=C(C1NNC2CCNCC21)N1CCc2cc(Cl)cc(Cl)c2C1. The summed E-state index contributed by atoms with van der Waals surface area (Å²) in [6.45, 7) is 3.16. The number of carbonyl (C=O) groups is 1. The molecule has 124 valence electrons. The molecule has 7 heteroatoms. The predicted octanol–water partition coefficient (Wildman–Crippen LogP) is 1.33. The number of amides is 1. The van der Waals surface area contributed by atoms with E-state index in [1.54, 1.807) is 6.07 Å². The van der Waals surface area contributed by atoms with E-state index in [4.69, 9.17) is 23.2 Å². The summed E-state index contributed by atoms with van der Waals surface area (Å²) in [6.07, 6.45) is 1.85. The van der Waals surface area contributed by atoms with Crippen molar-refractivity contribution in [3.8, 4) is 0 Å². The van der Waals surface area contributed by atoms with Gasteiger partial charge >= 0.3 is 0 Å². The third-order valence-corrected chi connectivity index (χ3v) is 5.77. The van der Waals surface area contributed by atoms with E-state index < -0.39 is 0 Å². The molecule has 3 unspecified atom stereocenters. The Morgan fingerprint density at radius 1 is 1.26 bits per heavy atom. The van der Waals surface area contributed by atoms with Gasteiger partial charge in [0.05, 0.1) is 0 Å². The van der Waals surface area contributed by atoms with Gasteiger partial charge in [-0.05, 0) is 42.6 Å². The standard InChI is InChI=1S/C16H20Cl2N4O/c17-10-5-9-2-4-22(8-12(9)13(18)6-10)16(23)15-11-7-19-3-1-14(11)20-21-15/h5-6,11,14-15,19-21H,1-4,7-8H2. The fourth-order valence-corrected chi connectivity index (χ4v) is 4.52. The average molecular weight is 355 g/mol. The van der Waals surface area contributed by atoms with Crippen molar-refractivity contribution < 1.29 is 4.79 Å². The molecule has 3 aliphatic rings. The van der Waals surface area contributed by atoms with Crippen LogP contribution in [0.2, 0.25) is 10.0 Å². The highest BCUT2D eigenvalue weighted by molar-refractivity contribution is 6.35. The van der Waals surface area contributed by atoms with Crippen LogP contribution in [0.25, 0.3) is 0 Å². The van der Waals surface area contributed by atoms with Crippen LogP contribution >= 0.6 is 23.2 Å². The summed E-state index contributed by atoms with van der Waals surface area (Å²) in [6, 6.07) is 3.93. The van der Waals surface area contributed by atoms with Crippen LogP contribution in [-0.4, -0.2) is 42.5 Å². The van der Waals surface area contributed by atoms with Crippen LogP contribution in [0.3, 0.4) is 0 Å². The molecule has 5 nitrogen and oxygen atoms in total. The second-order valence-corrected chi connectivity index (χ2v) is 7.41. The molecule has 23 heavy (non-hydrogen) atoms. The summed E-state index contributed by atoms with van der Waals surface area (Å²) >= 11 is 12.4. The zero-order chi connectivity index (χ0) is 16.0. The molecular formula is C16H20Cl2N4O. The minimum absolute atomic E-state index is 0.158. The highest BCUT2D eigenvalue weighted by Crippen LogP contribution is 2.31. The lowest BCUT2D eigenvalue weighted by Gasteiger charge is -2.34. The molecular weight excluding hydrogens is 335 g/mol. The van der Waals surface area contributed by atoms with Crippen molar-refractivity contribution in [2.24, 2.45) is 5.92 Å². The lowest BCUT2D eigenvalue weighted by molar-refractivity contribution is -0.135. The van der Waals surface area contributed by atoms with Crippen molar-refractivity contribution in [1.29, 1.82) is 0 Å². The fourth-order valence-electron chi connectivity index (χ4n) is 3.93. The molecule has 0 spiro atoms. The first-order chi connectivity index (χ1) is 11.1. The van der Waals surface area contributed by atoms with E-state index in [1.807, 2.05) is 11.0 Å². The van der Waals surface area contributed by atoms with Gasteiger partial charge in [0.1, 0.15) is 6.04 Å². The number of hydrogen-bond acceptors (Lipinski definition) is 4. The molecule has 0 saturated carbocycles. The molecule has 0 bridgehead atoms. The third-order valence-electron chi connectivity index (χ3n) is 5.21. The lowest BCUT2D eigenvalue weighted by atomic mass is 9.88. The Labute approximate surface area is 145 Å². The number of rotatable bonds is 1. The number of benzene rings is 1. The van der Waals surface area contributed by atoms with Crippen LogP contribution in [0.5, 0.6) is 0 Å². The van der Waals surface area contributed by atoms with Crippen LogP contribution in [0.1, 0.15) is 17.5 Å². The fraction of sp³-hybridized carbons (Fsp3) is 0.562. The number of carbonyl (C=O) groups excluding carboxylic acids is 1. The quantitative estimate of drug-likeness (QED) is 0.712. The molecule has 3 N–H and O–H groups in total. The number of nitrogens with one attached hydrogen (secondary N) is 3. The number of piperidine rings is 1. The molecule has 3 heterocycles. The molecule has 1 amide bonds. The maximum absolute atomic E-state index is 13.0.